The van der Waals surface area contributed by atoms with Crippen molar-refractivity contribution in [3.63, 3.8) is 0 Å². The Morgan fingerprint density at radius 2 is 1.81 bits per heavy atom. The van der Waals surface area contributed by atoms with Crippen LogP contribution in [-0.2, 0) is 4.74 Å². The highest BCUT2D eigenvalue weighted by molar-refractivity contribution is 7.80. The van der Waals surface area contributed by atoms with Gasteiger partial charge in [-0.15, -0.1) is 0 Å². The Hall–Kier alpha value is -1.13. The Balaban J connectivity index is 1.66. The molecule has 21 heavy (non-hydrogen) atoms. The van der Waals surface area contributed by atoms with Crippen molar-refractivity contribution in [3.05, 3.63) is 29.8 Å². The molecule has 1 aromatic carbocycles. The van der Waals surface area contributed by atoms with Gasteiger partial charge in [-0.1, -0.05) is 50.0 Å². The van der Waals surface area contributed by atoms with E-state index in [0.29, 0.717) is 17.7 Å². The summed E-state index contributed by atoms with van der Waals surface area (Å²) < 4.78 is 11.7. The number of hydrogen-bond donors (Lipinski definition) is 1. The fraction of sp³-hybridized carbons (Fsp3) is 0.588. The zero-order valence-electron chi connectivity index (χ0n) is 12.6. The van der Waals surface area contributed by atoms with E-state index in [2.05, 4.69) is 0 Å². The van der Waals surface area contributed by atoms with Crippen molar-refractivity contribution in [3.8, 4) is 5.75 Å². The zero-order valence-corrected chi connectivity index (χ0v) is 13.4. The standard InChI is InChI=1S/C17H25NO2S/c18-17(21)15-10-5-6-11-16(15)20-13-7-12-19-14-8-3-1-2-4-9-14/h5-6,10-11,14H,1-4,7-9,12-13H2,(H2,18,21). The molecule has 0 saturated heterocycles. The van der Waals surface area contributed by atoms with Gasteiger partial charge in [0.15, 0.2) is 0 Å². The highest BCUT2D eigenvalue weighted by Gasteiger charge is 2.12. The van der Waals surface area contributed by atoms with Crippen molar-refractivity contribution < 1.29 is 9.47 Å². The first-order valence-corrected chi connectivity index (χ1v) is 8.31. The van der Waals surface area contributed by atoms with Gasteiger partial charge in [0, 0.05) is 6.42 Å². The second-order valence-corrected chi connectivity index (χ2v) is 5.99. The predicted molar refractivity (Wildman–Crippen MR) is 89.9 cm³/mol. The van der Waals surface area contributed by atoms with Gasteiger partial charge in [-0.2, -0.15) is 0 Å². The molecule has 0 unspecified atom stereocenters. The van der Waals surface area contributed by atoms with Crippen LogP contribution in [0, 0.1) is 0 Å². The van der Waals surface area contributed by atoms with Gasteiger partial charge in [-0.25, -0.2) is 0 Å². The third-order valence-corrected chi connectivity index (χ3v) is 4.07. The van der Waals surface area contributed by atoms with Crippen LogP contribution in [0.5, 0.6) is 5.75 Å². The molecule has 0 aromatic heterocycles. The first-order chi connectivity index (χ1) is 10.3. The second kappa shape index (κ2) is 9.00. The van der Waals surface area contributed by atoms with E-state index >= 15 is 0 Å². The van der Waals surface area contributed by atoms with Gasteiger partial charge in [0.2, 0.25) is 0 Å². The van der Waals surface area contributed by atoms with Gasteiger partial charge in [0.05, 0.1) is 24.9 Å². The Labute approximate surface area is 132 Å². The minimum Gasteiger partial charge on any atom is -0.493 e. The van der Waals surface area contributed by atoms with Gasteiger partial charge in [-0.05, 0) is 25.0 Å². The summed E-state index contributed by atoms with van der Waals surface area (Å²) in [6, 6.07) is 7.63. The van der Waals surface area contributed by atoms with Gasteiger partial charge in [0.25, 0.3) is 0 Å². The maximum Gasteiger partial charge on any atom is 0.129 e. The molecule has 0 spiro atoms. The Morgan fingerprint density at radius 3 is 2.52 bits per heavy atom. The molecule has 4 heteroatoms. The minimum absolute atomic E-state index is 0.375. The quantitative estimate of drug-likeness (QED) is 0.472. The molecule has 1 aliphatic rings. The molecule has 0 atom stereocenters. The zero-order chi connectivity index (χ0) is 14.9. The molecule has 1 aromatic rings. The monoisotopic (exact) mass is 307 g/mol. The molecule has 0 aliphatic heterocycles. The van der Waals surface area contributed by atoms with Crippen LogP contribution in [0.25, 0.3) is 0 Å². The van der Waals surface area contributed by atoms with E-state index in [1.165, 1.54) is 38.5 Å². The van der Waals surface area contributed by atoms with Crippen LogP contribution in [0.2, 0.25) is 0 Å². The summed E-state index contributed by atoms with van der Waals surface area (Å²) in [6.07, 6.45) is 9.11. The molecule has 0 heterocycles. The summed E-state index contributed by atoms with van der Waals surface area (Å²) in [5.41, 5.74) is 6.49. The van der Waals surface area contributed by atoms with E-state index in [0.717, 1.165) is 24.3 Å². The molecule has 2 rings (SSSR count). The van der Waals surface area contributed by atoms with E-state index in [1.54, 1.807) is 0 Å². The summed E-state index contributed by atoms with van der Waals surface area (Å²) in [6.45, 7) is 1.40. The van der Waals surface area contributed by atoms with Crippen LogP contribution >= 0.6 is 12.2 Å². The number of ether oxygens (including phenoxy) is 2. The number of para-hydroxylation sites is 1. The number of benzene rings is 1. The topological polar surface area (TPSA) is 44.5 Å². The van der Waals surface area contributed by atoms with E-state index in [4.69, 9.17) is 27.4 Å². The largest absolute Gasteiger partial charge is 0.493 e. The average molecular weight is 307 g/mol. The first-order valence-electron chi connectivity index (χ1n) is 7.90. The van der Waals surface area contributed by atoms with E-state index in [9.17, 15) is 0 Å². The molecule has 2 N–H and O–H groups in total. The average Bonchev–Trinajstić information content (AvgIpc) is 2.76. The van der Waals surface area contributed by atoms with Crippen LogP contribution in [0.1, 0.15) is 50.5 Å². The minimum atomic E-state index is 0.375. The third kappa shape index (κ3) is 5.64. The number of rotatable bonds is 7. The smallest absolute Gasteiger partial charge is 0.129 e. The molecule has 1 aliphatic carbocycles. The lowest BCUT2D eigenvalue weighted by atomic mass is 10.1. The third-order valence-electron chi connectivity index (χ3n) is 3.85. The predicted octanol–water partition coefficient (Wildman–Crippen LogP) is 3.83. The fourth-order valence-electron chi connectivity index (χ4n) is 2.70. The maximum absolute atomic E-state index is 5.95. The molecule has 0 amide bonds. The summed E-state index contributed by atoms with van der Waals surface area (Å²) in [4.78, 5) is 0.375. The lowest BCUT2D eigenvalue weighted by molar-refractivity contribution is 0.0364. The van der Waals surface area contributed by atoms with Crippen molar-refractivity contribution in [2.24, 2.45) is 5.73 Å². The highest BCUT2D eigenvalue weighted by atomic mass is 32.1. The summed E-state index contributed by atoms with van der Waals surface area (Å²) in [7, 11) is 0. The highest BCUT2D eigenvalue weighted by Crippen LogP contribution is 2.20. The molecular weight excluding hydrogens is 282 g/mol. The Bertz CT molecular complexity index is 442. The van der Waals surface area contributed by atoms with Crippen molar-refractivity contribution in [1.29, 1.82) is 0 Å². The lowest BCUT2D eigenvalue weighted by Gasteiger charge is -2.15. The molecule has 0 bridgehead atoms. The van der Waals surface area contributed by atoms with Crippen molar-refractivity contribution in [2.75, 3.05) is 13.2 Å². The van der Waals surface area contributed by atoms with Gasteiger partial charge in [0.1, 0.15) is 10.7 Å². The van der Waals surface area contributed by atoms with Crippen LogP contribution in [0.3, 0.4) is 0 Å². The molecule has 1 fully saturated rings. The Kier molecular flexibility index (Phi) is 6.96. The van der Waals surface area contributed by atoms with Gasteiger partial charge >= 0.3 is 0 Å². The maximum atomic E-state index is 5.95. The number of nitrogens with two attached hydrogens (primary N) is 1. The Morgan fingerprint density at radius 1 is 1.10 bits per heavy atom. The number of hydrogen-bond acceptors (Lipinski definition) is 3. The summed E-state index contributed by atoms with van der Waals surface area (Å²) in [5.74, 6) is 0.763. The van der Waals surface area contributed by atoms with E-state index in [-0.39, 0.29) is 0 Å². The van der Waals surface area contributed by atoms with Crippen LogP contribution in [0.15, 0.2) is 24.3 Å². The van der Waals surface area contributed by atoms with Crippen molar-refractivity contribution in [1.82, 2.24) is 0 Å². The fourth-order valence-corrected chi connectivity index (χ4v) is 2.86. The van der Waals surface area contributed by atoms with Gasteiger partial charge in [-0.3, -0.25) is 0 Å². The SMILES string of the molecule is NC(=S)c1ccccc1OCCCOC1CCCCCC1. The molecule has 0 radical (unpaired) electrons. The molecule has 3 nitrogen and oxygen atoms in total. The second-order valence-electron chi connectivity index (χ2n) is 5.55. The summed E-state index contributed by atoms with van der Waals surface area (Å²) in [5, 5.41) is 0. The summed E-state index contributed by atoms with van der Waals surface area (Å²) >= 11 is 5.02. The first kappa shape index (κ1) is 16.2. The van der Waals surface area contributed by atoms with Crippen LogP contribution < -0.4 is 10.5 Å². The molecule has 1 saturated carbocycles. The number of thiocarbonyl (C=S) groups is 1. The van der Waals surface area contributed by atoms with Gasteiger partial charge < -0.3 is 15.2 Å². The lowest BCUT2D eigenvalue weighted by Crippen LogP contribution is -2.15. The van der Waals surface area contributed by atoms with E-state index in [1.807, 2.05) is 24.3 Å². The van der Waals surface area contributed by atoms with Crippen LogP contribution in [0.4, 0.5) is 0 Å². The van der Waals surface area contributed by atoms with Crippen molar-refractivity contribution in [2.45, 2.75) is 51.0 Å². The van der Waals surface area contributed by atoms with E-state index < -0.39 is 0 Å². The molecular formula is C17H25NO2S. The molecule has 116 valence electrons. The van der Waals surface area contributed by atoms with Crippen molar-refractivity contribution >= 4 is 17.2 Å². The van der Waals surface area contributed by atoms with Crippen LogP contribution in [-0.4, -0.2) is 24.3 Å². The normalized spacial score (nSPS) is 16.4.